The summed E-state index contributed by atoms with van der Waals surface area (Å²) in [4.78, 5) is 13.7. The van der Waals surface area contributed by atoms with E-state index in [2.05, 4.69) is 25.7 Å². The van der Waals surface area contributed by atoms with Crippen LogP contribution in [0.25, 0.3) is 0 Å². The molecule has 4 nitrogen and oxygen atoms in total. The fourth-order valence-electron chi connectivity index (χ4n) is 2.80. The predicted octanol–water partition coefficient (Wildman–Crippen LogP) is 2.38. The Balaban J connectivity index is 2.49. The smallest absolute Gasteiger partial charge is 0.324 e. The van der Waals surface area contributed by atoms with Gasteiger partial charge < -0.3 is 9.84 Å². The zero-order valence-corrected chi connectivity index (χ0v) is 11.9. The van der Waals surface area contributed by atoms with Gasteiger partial charge in [0.25, 0.3) is 0 Å². The summed E-state index contributed by atoms with van der Waals surface area (Å²) >= 11 is 0. The van der Waals surface area contributed by atoms with Gasteiger partial charge in [0, 0.05) is 13.2 Å². The standard InChI is InChI=1S/C14H27NO3/c1-4-6-14(13(16)17)7-5-8-15(14)9-10-18-11-12(2)3/h12H,4-11H2,1-3H3,(H,16,17). The first kappa shape index (κ1) is 15.4. The van der Waals surface area contributed by atoms with Gasteiger partial charge in [-0.15, -0.1) is 0 Å². The molecule has 1 rings (SSSR count). The van der Waals surface area contributed by atoms with E-state index in [1.54, 1.807) is 0 Å². The molecule has 1 heterocycles. The van der Waals surface area contributed by atoms with Crippen molar-refractivity contribution in [3.63, 3.8) is 0 Å². The zero-order chi connectivity index (χ0) is 13.6. The molecule has 1 unspecified atom stereocenters. The SMILES string of the molecule is CCCC1(C(=O)O)CCCN1CCOCC(C)C. The Labute approximate surface area is 110 Å². The Morgan fingerprint density at radius 3 is 2.78 bits per heavy atom. The highest BCUT2D eigenvalue weighted by Crippen LogP contribution is 2.33. The van der Waals surface area contributed by atoms with Crippen LogP contribution in [0.5, 0.6) is 0 Å². The lowest BCUT2D eigenvalue weighted by molar-refractivity contribution is -0.150. The van der Waals surface area contributed by atoms with Crippen LogP contribution >= 0.6 is 0 Å². The summed E-state index contributed by atoms with van der Waals surface area (Å²) in [5.74, 6) is -0.130. The summed E-state index contributed by atoms with van der Waals surface area (Å²) in [6.07, 6.45) is 3.42. The molecule has 0 aromatic heterocycles. The Hall–Kier alpha value is -0.610. The highest BCUT2D eigenvalue weighted by atomic mass is 16.5. The summed E-state index contributed by atoms with van der Waals surface area (Å²) in [7, 11) is 0. The first-order valence-electron chi connectivity index (χ1n) is 7.09. The number of rotatable bonds is 8. The molecule has 0 spiro atoms. The van der Waals surface area contributed by atoms with Gasteiger partial charge in [0.05, 0.1) is 6.61 Å². The fraction of sp³-hybridized carbons (Fsp3) is 0.929. The van der Waals surface area contributed by atoms with E-state index >= 15 is 0 Å². The number of hydrogen-bond donors (Lipinski definition) is 1. The minimum absolute atomic E-state index is 0.531. The van der Waals surface area contributed by atoms with Crippen LogP contribution in [0, 0.1) is 5.92 Å². The van der Waals surface area contributed by atoms with Crippen molar-refractivity contribution in [1.82, 2.24) is 4.90 Å². The molecule has 4 heteroatoms. The summed E-state index contributed by atoms with van der Waals surface area (Å²) in [5.41, 5.74) is -0.629. The highest BCUT2D eigenvalue weighted by Gasteiger charge is 2.46. The van der Waals surface area contributed by atoms with E-state index in [0.717, 1.165) is 45.4 Å². The number of ether oxygens (including phenoxy) is 1. The second-order valence-electron chi connectivity index (χ2n) is 5.65. The van der Waals surface area contributed by atoms with Crippen molar-refractivity contribution >= 4 is 5.97 Å². The Bertz CT molecular complexity index is 268. The Morgan fingerprint density at radius 1 is 1.50 bits per heavy atom. The van der Waals surface area contributed by atoms with Crippen LogP contribution in [0.3, 0.4) is 0 Å². The lowest BCUT2D eigenvalue weighted by Crippen LogP contribution is -2.51. The molecule has 0 aromatic rings. The minimum Gasteiger partial charge on any atom is -0.480 e. The maximum absolute atomic E-state index is 11.6. The van der Waals surface area contributed by atoms with Gasteiger partial charge in [-0.05, 0) is 31.7 Å². The van der Waals surface area contributed by atoms with Crippen molar-refractivity contribution < 1.29 is 14.6 Å². The Morgan fingerprint density at radius 2 is 2.22 bits per heavy atom. The number of likely N-dealkylation sites (tertiary alicyclic amines) is 1. The first-order valence-corrected chi connectivity index (χ1v) is 7.09. The van der Waals surface area contributed by atoms with E-state index in [1.807, 2.05) is 0 Å². The molecule has 1 aliphatic rings. The number of carbonyl (C=O) groups is 1. The van der Waals surface area contributed by atoms with Gasteiger partial charge in [-0.1, -0.05) is 27.2 Å². The van der Waals surface area contributed by atoms with Crippen LogP contribution in [0.15, 0.2) is 0 Å². The average Bonchev–Trinajstić information content (AvgIpc) is 2.69. The molecular weight excluding hydrogens is 230 g/mol. The molecule has 0 saturated carbocycles. The molecule has 0 amide bonds. The number of aliphatic carboxylic acids is 1. The minimum atomic E-state index is -0.661. The van der Waals surface area contributed by atoms with Gasteiger partial charge in [-0.2, -0.15) is 0 Å². The van der Waals surface area contributed by atoms with Crippen LogP contribution < -0.4 is 0 Å². The van der Waals surface area contributed by atoms with Crippen LogP contribution in [-0.4, -0.2) is 47.8 Å². The highest BCUT2D eigenvalue weighted by molar-refractivity contribution is 5.79. The van der Waals surface area contributed by atoms with Crippen molar-refractivity contribution in [2.45, 2.75) is 52.0 Å². The van der Waals surface area contributed by atoms with Gasteiger partial charge >= 0.3 is 5.97 Å². The third-order valence-electron chi connectivity index (χ3n) is 3.64. The fourth-order valence-corrected chi connectivity index (χ4v) is 2.80. The van der Waals surface area contributed by atoms with E-state index in [0.29, 0.717) is 12.5 Å². The van der Waals surface area contributed by atoms with Crippen LogP contribution in [0.2, 0.25) is 0 Å². The number of carboxylic acids is 1. The van der Waals surface area contributed by atoms with E-state index < -0.39 is 11.5 Å². The van der Waals surface area contributed by atoms with E-state index in [4.69, 9.17) is 4.74 Å². The zero-order valence-electron chi connectivity index (χ0n) is 11.9. The predicted molar refractivity (Wildman–Crippen MR) is 71.7 cm³/mol. The van der Waals surface area contributed by atoms with E-state index in [1.165, 1.54) is 0 Å². The average molecular weight is 257 g/mol. The third-order valence-corrected chi connectivity index (χ3v) is 3.64. The molecule has 0 aliphatic carbocycles. The molecule has 1 atom stereocenters. The topological polar surface area (TPSA) is 49.8 Å². The van der Waals surface area contributed by atoms with Crippen molar-refractivity contribution in [3.8, 4) is 0 Å². The van der Waals surface area contributed by atoms with Gasteiger partial charge in [0.1, 0.15) is 5.54 Å². The van der Waals surface area contributed by atoms with E-state index in [9.17, 15) is 9.90 Å². The van der Waals surface area contributed by atoms with Crippen LogP contribution in [0.1, 0.15) is 46.5 Å². The summed E-state index contributed by atoms with van der Waals surface area (Å²) < 4.78 is 5.57. The van der Waals surface area contributed by atoms with Crippen LogP contribution in [-0.2, 0) is 9.53 Å². The van der Waals surface area contributed by atoms with Crippen molar-refractivity contribution in [2.75, 3.05) is 26.3 Å². The molecule has 0 radical (unpaired) electrons. The second kappa shape index (κ2) is 7.10. The van der Waals surface area contributed by atoms with Crippen molar-refractivity contribution in [1.29, 1.82) is 0 Å². The lowest BCUT2D eigenvalue weighted by Gasteiger charge is -2.34. The third kappa shape index (κ3) is 3.69. The molecule has 1 aliphatic heterocycles. The second-order valence-corrected chi connectivity index (χ2v) is 5.65. The molecular formula is C14H27NO3. The van der Waals surface area contributed by atoms with Gasteiger partial charge in [0.15, 0.2) is 0 Å². The number of hydrogen-bond acceptors (Lipinski definition) is 3. The maximum atomic E-state index is 11.6. The van der Waals surface area contributed by atoms with Gasteiger partial charge in [-0.25, -0.2) is 0 Å². The lowest BCUT2D eigenvalue weighted by atomic mass is 9.91. The summed E-state index contributed by atoms with van der Waals surface area (Å²) in [6, 6.07) is 0. The normalized spacial score (nSPS) is 24.9. The quantitative estimate of drug-likeness (QED) is 0.678. The number of nitrogens with zero attached hydrogens (tertiary/aromatic N) is 1. The van der Waals surface area contributed by atoms with Gasteiger partial charge in [-0.3, -0.25) is 9.69 Å². The molecule has 0 bridgehead atoms. The molecule has 1 saturated heterocycles. The largest absolute Gasteiger partial charge is 0.480 e. The van der Waals surface area contributed by atoms with E-state index in [-0.39, 0.29) is 0 Å². The van der Waals surface area contributed by atoms with Crippen molar-refractivity contribution in [2.24, 2.45) is 5.92 Å². The van der Waals surface area contributed by atoms with Crippen LogP contribution in [0.4, 0.5) is 0 Å². The summed E-state index contributed by atoms with van der Waals surface area (Å²) in [6.45, 7) is 9.30. The summed E-state index contributed by atoms with van der Waals surface area (Å²) in [5, 5.41) is 9.53. The van der Waals surface area contributed by atoms with Gasteiger partial charge in [0.2, 0.25) is 0 Å². The molecule has 18 heavy (non-hydrogen) atoms. The van der Waals surface area contributed by atoms with Crippen molar-refractivity contribution in [3.05, 3.63) is 0 Å². The molecule has 1 N–H and O–H groups in total. The maximum Gasteiger partial charge on any atom is 0.324 e. The number of carboxylic acid groups (broad SMARTS) is 1. The molecule has 106 valence electrons. The first-order chi connectivity index (χ1) is 8.53. The Kier molecular flexibility index (Phi) is 6.09. The monoisotopic (exact) mass is 257 g/mol. The molecule has 0 aromatic carbocycles. The molecule has 1 fully saturated rings.